The fourth-order valence-corrected chi connectivity index (χ4v) is 7.69. The van der Waals surface area contributed by atoms with E-state index in [9.17, 15) is 9.59 Å². The van der Waals surface area contributed by atoms with E-state index in [1.54, 1.807) is 0 Å². The standard InChI is InChI=1S/C29H40N4O2/c1-20(2)26(31-28(35)29-15-23-12-24(16-29)14-25(13-23)17-29)27(34)33-9-3-8-32(10-11-33)19-22-6-4-21(18-30)5-7-22/h4-7,20,23-26H,3,8-17,19H2,1-2H3,(H,31,35). The molecule has 6 rings (SSSR count). The maximum atomic E-state index is 13.7. The van der Waals surface area contributed by atoms with E-state index >= 15 is 0 Å². The number of rotatable bonds is 6. The Kier molecular flexibility index (Phi) is 6.90. The highest BCUT2D eigenvalue weighted by Gasteiger charge is 2.55. The number of hydrogen-bond donors (Lipinski definition) is 1. The molecule has 6 heteroatoms. The smallest absolute Gasteiger partial charge is 0.245 e. The topological polar surface area (TPSA) is 76.4 Å². The van der Waals surface area contributed by atoms with Crippen LogP contribution in [-0.2, 0) is 16.1 Å². The molecule has 1 unspecified atom stereocenters. The Labute approximate surface area is 210 Å². The first kappa shape index (κ1) is 24.3. The number of carbonyl (C=O) groups is 2. The first-order valence-corrected chi connectivity index (χ1v) is 13.7. The van der Waals surface area contributed by atoms with Gasteiger partial charge in [0.25, 0.3) is 0 Å². The van der Waals surface area contributed by atoms with E-state index in [-0.39, 0.29) is 23.1 Å². The molecule has 1 heterocycles. The van der Waals surface area contributed by atoms with Crippen LogP contribution in [0.5, 0.6) is 0 Å². The summed E-state index contributed by atoms with van der Waals surface area (Å²) in [5, 5.41) is 12.3. The fraction of sp³-hybridized carbons (Fsp3) is 0.690. The minimum atomic E-state index is -0.444. The molecule has 35 heavy (non-hydrogen) atoms. The SMILES string of the molecule is CC(C)C(NC(=O)C12CC3CC(CC(C3)C1)C2)C(=O)N1CCCN(Cc2ccc(C#N)cc2)CC1. The van der Waals surface area contributed by atoms with Crippen LogP contribution < -0.4 is 5.32 Å². The van der Waals surface area contributed by atoms with E-state index in [0.717, 1.165) is 51.9 Å². The lowest BCUT2D eigenvalue weighted by Crippen LogP contribution is -2.59. The van der Waals surface area contributed by atoms with Crippen molar-refractivity contribution in [2.45, 2.75) is 71.4 Å². The first-order valence-electron chi connectivity index (χ1n) is 13.7. The Balaban J connectivity index is 1.20. The van der Waals surface area contributed by atoms with Gasteiger partial charge in [0.1, 0.15) is 6.04 Å². The highest BCUT2D eigenvalue weighted by atomic mass is 16.2. The summed E-state index contributed by atoms with van der Waals surface area (Å²) in [6.07, 6.45) is 7.94. The zero-order valence-electron chi connectivity index (χ0n) is 21.3. The normalized spacial score (nSPS) is 31.1. The largest absolute Gasteiger partial charge is 0.344 e. The summed E-state index contributed by atoms with van der Waals surface area (Å²) >= 11 is 0. The summed E-state index contributed by atoms with van der Waals surface area (Å²) in [4.78, 5) is 31.7. The number of carbonyl (C=O) groups excluding carboxylic acids is 2. The second kappa shape index (κ2) is 9.93. The predicted molar refractivity (Wildman–Crippen MR) is 135 cm³/mol. The van der Waals surface area contributed by atoms with Crippen LogP contribution in [0.3, 0.4) is 0 Å². The monoisotopic (exact) mass is 476 g/mol. The average molecular weight is 477 g/mol. The van der Waals surface area contributed by atoms with Gasteiger partial charge in [0.15, 0.2) is 0 Å². The molecule has 1 aliphatic heterocycles. The van der Waals surface area contributed by atoms with Gasteiger partial charge in [0.2, 0.25) is 11.8 Å². The maximum absolute atomic E-state index is 13.7. The third-order valence-electron chi connectivity index (χ3n) is 9.13. The van der Waals surface area contributed by atoms with Crippen molar-refractivity contribution in [2.75, 3.05) is 26.2 Å². The second-order valence-corrected chi connectivity index (χ2v) is 12.2. The summed E-state index contributed by atoms with van der Waals surface area (Å²) in [6.45, 7) is 8.11. The molecule has 4 aliphatic carbocycles. The van der Waals surface area contributed by atoms with Gasteiger partial charge in [-0.3, -0.25) is 14.5 Å². The molecule has 0 aromatic heterocycles. The third kappa shape index (κ3) is 5.11. The van der Waals surface area contributed by atoms with Crippen LogP contribution in [0, 0.1) is 40.4 Å². The van der Waals surface area contributed by atoms with E-state index in [4.69, 9.17) is 5.26 Å². The molecular weight excluding hydrogens is 436 g/mol. The van der Waals surface area contributed by atoms with Crippen LogP contribution in [0.2, 0.25) is 0 Å². The Bertz CT molecular complexity index is 944. The molecule has 0 spiro atoms. The summed E-state index contributed by atoms with van der Waals surface area (Å²) in [5.74, 6) is 2.45. The van der Waals surface area contributed by atoms with Crippen LogP contribution in [0.1, 0.15) is 69.9 Å². The molecule has 5 aliphatic rings. The van der Waals surface area contributed by atoms with Crippen LogP contribution in [0.15, 0.2) is 24.3 Å². The summed E-state index contributed by atoms with van der Waals surface area (Å²) in [6, 6.07) is 9.48. The number of nitriles is 1. The lowest BCUT2D eigenvalue weighted by atomic mass is 9.49. The van der Waals surface area contributed by atoms with Crippen molar-refractivity contribution in [2.24, 2.45) is 29.1 Å². The molecule has 2 amide bonds. The molecule has 4 bridgehead atoms. The van der Waals surface area contributed by atoms with Gasteiger partial charge in [-0.25, -0.2) is 0 Å². The molecule has 1 atom stereocenters. The number of amides is 2. The number of benzene rings is 1. The molecule has 1 saturated heterocycles. The van der Waals surface area contributed by atoms with Crippen molar-refractivity contribution < 1.29 is 9.59 Å². The van der Waals surface area contributed by atoms with Crippen molar-refractivity contribution in [1.29, 1.82) is 5.26 Å². The summed E-state index contributed by atoms with van der Waals surface area (Å²) in [7, 11) is 0. The first-order chi connectivity index (χ1) is 16.8. The number of nitrogens with zero attached hydrogens (tertiary/aromatic N) is 3. The Morgan fingerprint density at radius 1 is 1.00 bits per heavy atom. The van der Waals surface area contributed by atoms with E-state index in [2.05, 4.69) is 30.1 Å². The zero-order valence-corrected chi connectivity index (χ0v) is 21.3. The summed E-state index contributed by atoms with van der Waals surface area (Å²) in [5.41, 5.74) is 1.64. The van der Waals surface area contributed by atoms with Gasteiger partial charge in [-0.15, -0.1) is 0 Å². The molecule has 188 valence electrons. The fourth-order valence-electron chi connectivity index (χ4n) is 7.69. The minimum absolute atomic E-state index is 0.0679. The molecule has 4 saturated carbocycles. The van der Waals surface area contributed by atoms with Crippen molar-refractivity contribution in [3.63, 3.8) is 0 Å². The molecule has 0 radical (unpaired) electrons. The zero-order chi connectivity index (χ0) is 24.6. The Morgan fingerprint density at radius 2 is 1.63 bits per heavy atom. The molecular formula is C29H40N4O2. The summed E-state index contributed by atoms with van der Waals surface area (Å²) < 4.78 is 0. The predicted octanol–water partition coefficient (Wildman–Crippen LogP) is 3.95. The molecule has 1 aromatic rings. The van der Waals surface area contributed by atoms with Gasteiger partial charge >= 0.3 is 0 Å². The van der Waals surface area contributed by atoms with Crippen LogP contribution in [0.25, 0.3) is 0 Å². The van der Waals surface area contributed by atoms with E-state index < -0.39 is 6.04 Å². The Hall–Kier alpha value is -2.39. The molecule has 1 aromatic carbocycles. The van der Waals surface area contributed by atoms with Crippen molar-refractivity contribution in [3.8, 4) is 6.07 Å². The van der Waals surface area contributed by atoms with Gasteiger partial charge in [0, 0.05) is 38.1 Å². The van der Waals surface area contributed by atoms with Gasteiger partial charge in [-0.2, -0.15) is 5.26 Å². The van der Waals surface area contributed by atoms with Gasteiger partial charge in [-0.1, -0.05) is 26.0 Å². The Morgan fingerprint density at radius 3 is 2.20 bits per heavy atom. The van der Waals surface area contributed by atoms with E-state index in [1.165, 1.54) is 24.8 Å². The van der Waals surface area contributed by atoms with Crippen molar-refractivity contribution in [1.82, 2.24) is 15.1 Å². The lowest BCUT2D eigenvalue weighted by molar-refractivity contribution is -0.150. The third-order valence-corrected chi connectivity index (χ3v) is 9.13. The second-order valence-electron chi connectivity index (χ2n) is 12.2. The van der Waals surface area contributed by atoms with Crippen molar-refractivity contribution >= 4 is 11.8 Å². The average Bonchev–Trinajstić information content (AvgIpc) is 3.07. The molecule has 1 N–H and O–H groups in total. The highest BCUT2D eigenvalue weighted by Crippen LogP contribution is 2.60. The maximum Gasteiger partial charge on any atom is 0.245 e. The highest BCUT2D eigenvalue weighted by molar-refractivity contribution is 5.90. The van der Waals surface area contributed by atoms with Crippen LogP contribution in [0.4, 0.5) is 0 Å². The molecule has 6 nitrogen and oxygen atoms in total. The van der Waals surface area contributed by atoms with Gasteiger partial charge < -0.3 is 10.2 Å². The van der Waals surface area contributed by atoms with Crippen LogP contribution >= 0.6 is 0 Å². The van der Waals surface area contributed by atoms with E-state index in [0.29, 0.717) is 29.9 Å². The lowest BCUT2D eigenvalue weighted by Gasteiger charge is -2.56. The number of hydrogen-bond acceptors (Lipinski definition) is 4. The van der Waals surface area contributed by atoms with Crippen LogP contribution in [-0.4, -0.2) is 53.8 Å². The minimum Gasteiger partial charge on any atom is -0.344 e. The number of nitrogens with one attached hydrogen (secondary N) is 1. The van der Waals surface area contributed by atoms with E-state index in [1.807, 2.05) is 29.2 Å². The van der Waals surface area contributed by atoms with Crippen molar-refractivity contribution in [3.05, 3.63) is 35.4 Å². The van der Waals surface area contributed by atoms with Gasteiger partial charge in [-0.05, 0) is 86.3 Å². The molecule has 5 fully saturated rings. The quantitative estimate of drug-likeness (QED) is 0.675. The van der Waals surface area contributed by atoms with Gasteiger partial charge in [0.05, 0.1) is 11.6 Å².